The number of hydrogen-bond acceptors (Lipinski definition) is 7. The lowest BCUT2D eigenvalue weighted by molar-refractivity contribution is -0.112. The van der Waals surface area contributed by atoms with Crippen LogP contribution in [0.2, 0.25) is 0 Å². The molecular weight excluding hydrogens is 494 g/mol. The van der Waals surface area contributed by atoms with Crippen molar-refractivity contribution < 1.29 is 4.79 Å². The van der Waals surface area contributed by atoms with E-state index >= 15 is 0 Å². The fourth-order valence-corrected chi connectivity index (χ4v) is 4.90. The molecule has 5 rings (SSSR count). The summed E-state index contributed by atoms with van der Waals surface area (Å²) in [6.07, 6.45) is 14.7. The average Bonchev–Trinajstić information content (AvgIpc) is 3.55. The van der Waals surface area contributed by atoms with Gasteiger partial charge < -0.3 is 10.3 Å². The van der Waals surface area contributed by atoms with Crippen LogP contribution in [0, 0.1) is 0 Å². The molecule has 0 atom stereocenters. The number of allylic oxidation sites excluding steroid dienone is 3. The molecule has 4 heterocycles. The second-order valence-corrected chi connectivity index (χ2v) is 9.82. The number of benzene rings is 1. The number of ketones is 1. The Labute approximate surface area is 225 Å². The highest BCUT2D eigenvalue weighted by atomic mass is 32.2. The van der Waals surface area contributed by atoms with E-state index in [1.54, 1.807) is 30.1 Å². The molecule has 0 saturated heterocycles. The third kappa shape index (κ3) is 5.44. The number of thioether (sulfide) groups is 1. The number of rotatable bonds is 10. The predicted octanol–water partition coefficient (Wildman–Crippen LogP) is 5.56. The zero-order valence-corrected chi connectivity index (χ0v) is 22.4. The lowest BCUT2D eigenvalue weighted by Gasteiger charge is -2.06. The van der Waals surface area contributed by atoms with Crippen molar-refractivity contribution >= 4 is 45.1 Å². The number of carbonyl (C=O) groups is 1. The van der Waals surface area contributed by atoms with Crippen LogP contribution in [0.5, 0.6) is 0 Å². The van der Waals surface area contributed by atoms with Gasteiger partial charge in [-0.3, -0.25) is 19.9 Å². The molecule has 0 aliphatic rings. The van der Waals surface area contributed by atoms with E-state index in [1.165, 1.54) is 6.92 Å². The summed E-state index contributed by atoms with van der Waals surface area (Å²) in [7, 11) is 0. The smallest absolute Gasteiger partial charge is 0.159 e. The molecule has 0 radical (unpaired) electrons. The number of aromatic nitrogens is 6. The Bertz CT molecular complexity index is 1660. The Hall–Kier alpha value is -4.08. The minimum Gasteiger partial charge on any atom is -0.335 e. The van der Waals surface area contributed by atoms with Gasteiger partial charge in [0.1, 0.15) is 5.69 Å². The number of aromatic amines is 2. The molecule has 38 heavy (non-hydrogen) atoms. The number of hydrogen-bond donors (Lipinski definition) is 3. The molecule has 4 aromatic heterocycles. The summed E-state index contributed by atoms with van der Waals surface area (Å²) < 4.78 is 0. The van der Waals surface area contributed by atoms with Crippen molar-refractivity contribution in [2.45, 2.75) is 20.4 Å². The van der Waals surface area contributed by atoms with Crippen molar-refractivity contribution in [3.8, 4) is 22.6 Å². The number of carbonyl (C=O) groups excluding carboxylic acids is 1. The molecule has 0 unspecified atom stereocenters. The number of nitrogens with one attached hydrogen (secondary N) is 3. The van der Waals surface area contributed by atoms with E-state index in [9.17, 15) is 4.79 Å². The van der Waals surface area contributed by atoms with Gasteiger partial charge in [-0.25, -0.2) is 4.98 Å². The molecule has 0 bridgehead atoms. The molecule has 0 aliphatic carbocycles. The van der Waals surface area contributed by atoms with Gasteiger partial charge in [-0.15, -0.1) is 0 Å². The van der Waals surface area contributed by atoms with Crippen molar-refractivity contribution in [3.05, 3.63) is 78.4 Å². The largest absolute Gasteiger partial charge is 0.335 e. The molecule has 0 amide bonds. The highest BCUT2D eigenvalue weighted by molar-refractivity contribution is 7.99. The van der Waals surface area contributed by atoms with Gasteiger partial charge in [0, 0.05) is 47.4 Å². The SMILES string of the molecule is CCNCc1cncc(-c2ccc3[nH]nc(-c4nc5c(/C(=C/C=C/C(C)=O)CSC)cncc5[nH]4)c3c2)c1. The highest BCUT2D eigenvalue weighted by Gasteiger charge is 2.17. The van der Waals surface area contributed by atoms with E-state index in [1.807, 2.05) is 37.0 Å². The molecule has 1 aromatic carbocycles. The second-order valence-electron chi connectivity index (χ2n) is 8.96. The highest BCUT2D eigenvalue weighted by Crippen LogP contribution is 2.32. The lowest BCUT2D eigenvalue weighted by atomic mass is 10.0. The summed E-state index contributed by atoms with van der Waals surface area (Å²) in [6.45, 7) is 5.32. The second kappa shape index (κ2) is 11.5. The maximum Gasteiger partial charge on any atom is 0.159 e. The molecule has 0 aliphatic heterocycles. The summed E-state index contributed by atoms with van der Waals surface area (Å²) >= 11 is 1.70. The lowest BCUT2D eigenvalue weighted by Crippen LogP contribution is -2.11. The van der Waals surface area contributed by atoms with Gasteiger partial charge in [0.15, 0.2) is 11.6 Å². The molecule has 0 saturated carbocycles. The van der Waals surface area contributed by atoms with Crippen LogP contribution >= 0.6 is 11.8 Å². The number of H-pyrrole nitrogens is 2. The van der Waals surface area contributed by atoms with Gasteiger partial charge in [-0.05, 0) is 60.7 Å². The van der Waals surface area contributed by atoms with Crippen molar-refractivity contribution in [2.75, 3.05) is 18.6 Å². The first-order chi connectivity index (χ1) is 18.6. The van der Waals surface area contributed by atoms with Crippen LogP contribution in [0.25, 0.3) is 50.2 Å². The van der Waals surface area contributed by atoms with Gasteiger partial charge in [-0.2, -0.15) is 16.9 Å². The summed E-state index contributed by atoms with van der Waals surface area (Å²) in [6, 6.07) is 8.40. The van der Waals surface area contributed by atoms with Gasteiger partial charge in [0.05, 0.1) is 22.7 Å². The third-order valence-electron chi connectivity index (χ3n) is 6.16. The van der Waals surface area contributed by atoms with Crippen LogP contribution < -0.4 is 5.32 Å². The first-order valence-corrected chi connectivity index (χ1v) is 13.8. The van der Waals surface area contributed by atoms with Crippen molar-refractivity contribution in [2.24, 2.45) is 0 Å². The minimum absolute atomic E-state index is 0.00746. The number of imidazole rings is 1. The van der Waals surface area contributed by atoms with Gasteiger partial charge in [0.25, 0.3) is 0 Å². The van der Waals surface area contributed by atoms with Crippen LogP contribution in [0.1, 0.15) is 25.0 Å². The first kappa shape index (κ1) is 25.6. The summed E-state index contributed by atoms with van der Waals surface area (Å²) in [4.78, 5) is 28.6. The summed E-state index contributed by atoms with van der Waals surface area (Å²) in [5.41, 5.74) is 8.54. The van der Waals surface area contributed by atoms with Crippen LogP contribution in [-0.4, -0.2) is 54.5 Å². The summed E-state index contributed by atoms with van der Waals surface area (Å²) in [5, 5.41) is 12.1. The zero-order valence-electron chi connectivity index (χ0n) is 21.6. The van der Waals surface area contributed by atoms with Crippen LogP contribution in [0.4, 0.5) is 0 Å². The number of nitrogens with zero attached hydrogens (tertiary/aromatic N) is 4. The van der Waals surface area contributed by atoms with Crippen LogP contribution in [-0.2, 0) is 11.3 Å². The molecule has 3 N–H and O–H groups in total. The number of fused-ring (bicyclic) bond motifs is 2. The molecule has 9 heteroatoms. The topological polar surface area (TPSA) is 112 Å². The van der Waals surface area contributed by atoms with E-state index in [2.05, 4.69) is 55.6 Å². The van der Waals surface area contributed by atoms with Gasteiger partial charge >= 0.3 is 0 Å². The van der Waals surface area contributed by atoms with E-state index < -0.39 is 0 Å². The molecule has 0 fully saturated rings. The maximum atomic E-state index is 11.4. The van der Waals surface area contributed by atoms with E-state index in [4.69, 9.17) is 4.98 Å². The van der Waals surface area contributed by atoms with E-state index in [0.717, 1.165) is 74.3 Å². The Balaban J connectivity index is 1.56. The Morgan fingerprint density at radius 1 is 1.08 bits per heavy atom. The van der Waals surface area contributed by atoms with Crippen LogP contribution in [0.15, 0.2) is 67.3 Å². The molecule has 192 valence electrons. The van der Waals surface area contributed by atoms with Crippen molar-refractivity contribution in [1.29, 1.82) is 0 Å². The molecular formula is C29H29N7OS. The fraction of sp³-hybridized carbons (Fsp3) is 0.207. The third-order valence-corrected chi connectivity index (χ3v) is 6.76. The fourth-order valence-electron chi connectivity index (χ4n) is 4.34. The Morgan fingerprint density at radius 2 is 1.95 bits per heavy atom. The normalized spacial score (nSPS) is 12.2. The summed E-state index contributed by atoms with van der Waals surface area (Å²) in [5.74, 6) is 1.44. The number of pyridine rings is 2. The first-order valence-electron chi connectivity index (χ1n) is 12.4. The Morgan fingerprint density at radius 3 is 2.76 bits per heavy atom. The van der Waals surface area contributed by atoms with Crippen molar-refractivity contribution in [1.82, 2.24) is 35.5 Å². The quantitative estimate of drug-likeness (QED) is 0.162. The standard InChI is InChI=1S/C29H29N7OS/c1-4-30-12-19-10-22(14-31-13-19)20-8-9-25-23(11-20)28(36-35-25)29-33-26-16-32-15-24(27(26)34-29)21(17-38-3)7-5-6-18(2)37/h5-11,13-16,30H,4,12,17H2,1-3H3,(H,33,34)(H,35,36)/b6-5+,21-7+. The maximum absolute atomic E-state index is 11.4. The van der Waals surface area contributed by atoms with Crippen molar-refractivity contribution in [3.63, 3.8) is 0 Å². The minimum atomic E-state index is 0.00746. The van der Waals surface area contributed by atoms with Crippen LogP contribution in [0.3, 0.4) is 0 Å². The molecule has 0 spiro atoms. The van der Waals surface area contributed by atoms with E-state index in [-0.39, 0.29) is 5.78 Å². The molecule has 5 aromatic rings. The average molecular weight is 524 g/mol. The van der Waals surface area contributed by atoms with Gasteiger partial charge in [0.2, 0.25) is 0 Å². The predicted molar refractivity (Wildman–Crippen MR) is 156 cm³/mol. The van der Waals surface area contributed by atoms with E-state index in [0.29, 0.717) is 5.82 Å². The zero-order chi connectivity index (χ0) is 26.5. The molecule has 8 nitrogen and oxygen atoms in total. The van der Waals surface area contributed by atoms with Gasteiger partial charge in [-0.1, -0.05) is 25.1 Å². The monoisotopic (exact) mass is 523 g/mol. The Kier molecular flexibility index (Phi) is 7.76.